The van der Waals surface area contributed by atoms with Gasteiger partial charge >= 0.3 is 0 Å². The van der Waals surface area contributed by atoms with Crippen molar-refractivity contribution in [1.82, 2.24) is 9.78 Å². The van der Waals surface area contributed by atoms with Crippen LogP contribution in [-0.4, -0.2) is 15.7 Å². The zero-order valence-corrected chi connectivity index (χ0v) is 8.38. The first kappa shape index (κ1) is 9.59. The van der Waals surface area contributed by atoms with Gasteiger partial charge in [-0.2, -0.15) is 5.10 Å². The van der Waals surface area contributed by atoms with E-state index in [-0.39, 0.29) is 0 Å². The zero-order chi connectivity index (χ0) is 8.97. The van der Waals surface area contributed by atoms with Gasteiger partial charge in [0.1, 0.15) is 0 Å². The van der Waals surface area contributed by atoms with Crippen molar-refractivity contribution in [3.63, 3.8) is 0 Å². The van der Waals surface area contributed by atoms with Crippen LogP contribution >= 0.6 is 11.6 Å². The lowest BCUT2D eigenvalue weighted by Gasteiger charge is -2.03. The fourth-order valence-corrected chi connectivity index (χ4v) is 1.22. The lowest BCUT2D eigenvalue weighted by Crippen LogP contribution is -1.99. The van der Waals surface area contributed by atoms with Crippen LogP contribution in [0.1, 0.15) is 19.0 Å². The summed E-state index contributed by atoms with van der Waals surface area (Å²) in [5.41, 5.74) is 1.16. The van der Waals surface area contributed by atoms with E-state index in [1.807, 2.05) is 17.9 Å². The van der Waals surface area contributed by atoms with Gasteiger partial charge < -0.3 is 0 Å². The molecule has 68 valence electrons. The van der Waals surface area contributed by atoms with Crippen LogP contribution in [0.15, 0.2) is 12.3 Å². The van der Waals surface area contributed by atoms with Crippen LogP contribution in [0, 0.1) is 5.92 Å². The van der Waals surface area contributed by atoms with E-state index in [2.05, 4.69) is 18.1 Å². The Labute approximate surface area is 78.5 Å². The van der Waals surface area contributed by atoms with Crippen molar-refractivity contribution in [3.05, 3.63) is 18.0 Å². The molecule has 2 nitrogen and oxygen atoms in total. The Bertz CT molecular complexity index is 232. The molecule has 0 aromatic carbocycles. The topological polar surface area (TPSA) is 17.8 Å². The normalized spacial score (nSPS) is 13.2. The predicted molar refractivity (Wildman–Crippen MR) is 51.4 cm³/mol. The highest BCUT2D eigenvalue weighted by Crippen LogP contribution is 2.08. The van der Waals surface area contributed by atoms with Gasteiger partial charge in [-0.15, -0.1) is 11.6 Å². The second-order valence-electron chi connectivity index (χ2n) is 3.28. The summed E-state index contributed by atoms with van der Waals surface area (Å²) in [6.45, 7) is 2.16. The molecule has 0 spiro atoms. The van der Waals surface area contributed by atoms with Crippen LogP contribution in [-0.2, 0) is 13.5 Å². The highest BCUT2D eigenvalue weighted by Gasteiger charge is 2.02. The molecule has 1 unspecified atom stereocenters. The largest absolute Gasteiger partial charge is 0.276 e. The average molecular weight is 187 g/mol. The molecule has 1 rings (SSSR count). The Balaban J connectivity index is 2.33. The molecule has 3 heteroatoms. The molecule has 0 bridgehead atoms. The van der Waals surface area contributed by atoms with Gasteiger partial charge in [-0.25, -0.2) is 0 Å². The second kappa shape index (κ2) is 4.51. The average Bonchev–Trinajstić information content (AvgIpc) is 2.47. The van der Waals surface area contributed by atoms with Crippen LogP contribution in [0.4, 0.5) is 0 Å². The summed E-state index contributed by atoms with van der Waals surface area (Å²) in [7, 11) is 1.94. The van der Waals surface area contributed by atoms with Crippen molar-refractivity contribution in [2.45, 2.75) is 19.8 Å². The predicted octanol–water partition coefficient (Wildman–Crippen LogP) is 2.23. The number of nitrogens with zero attached hydrogens (tertiary/aromatic N) is 2. The molecule has 1 heterocycles. The molecule has 0 radical (unpaired) electrons. The first-order chi connectivity index (χ1) is 5.72. The fourth-order valence-electron chi connectivity index (χ4n) is 1.07. The van der Waals surface area contributed by atoms with E-state index in [4.69, 9.17) is 11.6 Å². The maximum absolute atomic E-state index is 5.70. The highest BCUT2D eigenvalue weighted by molar-refractivity contribution is 6.18. The van der Waals surface area contributed by atoms with Gasteiger partial charge in [-0.3, -0.25) is 4.68 Å². The molecule has 0 aliphatic heterocycles. The van der Waals surface area contributed by atoms with Crippen LogP contribution in [0.3, 0.4) is 0 Å². The lowest BCUT2D eigenvalue weighted by atomic mass is 10.1. The summed E-state index contributed by atoms with van der Waals surface area (Å²) in [6.07, 6.45) is 4.13. The summed E-state index contributed by atoms with van der Waals surface area (Å²) in [5.74, 6) is 1.33. The van der Waals surface area contributed by atoms with Crippen molar-refractivity contribution in [3.8, 4) is 0 Å². The lowest BCUT2D eigenvalue weighted by molar-refractivity contribution is 0.582. The van der Waals surface area contributed by atoms with Crippen LogP contribution in [0.2, 0.25) is 0 Å². The molecule has 0 fully saturated rings. The van der Waals surface area contributed by atoms with Gasteiger partial charge in [0, 0.05) is 19.1 Å². The van der Waals surface area contributed by atoms with E-state index in [1.54, 1.807) is 0 Å². The Morgan fingerprint density at radius 2 is 2.42 bits per heavy atom. The van der Waals surface area contributed by atoms with Crippen molar-refractivity contribution in [2.75, 3.05) is 5.88 Å². The van der Waals surface area contributed by atoms with Gasteiger partial charge in [0.15, 0.2) is 0 Å². The van der Waals surface area contributed by atoms with Gasteiger partial charge in [-0.1, -0.05) is 6.92 Å². The molecule has 12 heavy (non-hydrogen) atoms. The number of alkyl halides is 1. The highest BCUT2D eigenvalue weighted by atomic mass is 35.5. The third-order valence-corrected chi connectivity index (χ3v) is 2.45. The first-order valence-electron chi connectivity index (χ1n) is 4.27. The molecular formula is C9H15ClN2. The van der Waals surface area contributed by atoms with Crippen molar-refractivity contribution >= 4 is 11.6 Å². The number of rotatable bonds is 4. The van der Waals surface area contributed by atoms with Crippen molar-refractivity contribution in [1.29, 1.82) is 0 Å². The van der Waals surface area contributed by atoms with E-state index in [0.717, 1.165) is 24.4 Å². The smallest absolute Gasteiger partial charge is 0.0624 e. The molecule has 0 saturated heterocycles. The quantitative estimate of drug-likeness (QED) is 0.660. The van der Waals surface area contributed by atoms with E-state index >= 15 is 0 Å². The summed E-state index contributed by atoms with van der Waals surface area (Å²) < 4.78 is 1.83. The van der Waals surface area contributed by atoms with Crippen LogP contribution in [0.25, 0.3) is 0 Å². The summed E-state index contributed by atoms with van der Waals surface area (Å²) in [4.78, 5) is 0. The Kier molecular flexibility index (Phi) is 3.60. The molecule has 1 aromatic rings. The molecule has 0 aliphatic rings. The van der Waals surface area contributed by atoms with E-state index in [0.29, 0.717) is 5.92 Å². The Hall–Kier alpha value is -0.500. The van der Waals surface area contributed by atoms with Crippen molar-refractivity contribution in [2.24, 2.45) is 13.0 Å². The molecule has 1 aromatic heterocycles. The number of hydrogen-bond donors (Lipinski definition) is 0. The minimum absolute atomic E-state index is 0.591. The Morgan fingerprint density at radius 1 is 1.67 bits per heavy atom. The maximum Gasteiger partial charge on any atom is 0.0624 e. The van der Waals surface area contributed by atoms with Crippen molar-refractivity contribution < 1.29 is 0 Å². The standard InChI is InChI=1S/C9H15ClN2/c1-8(7-10)3-4-9-5-6-12(2)11-9/h5-6,8H,3-4,7H2,1-2H3. The van der Waals surface area contributed by atoms with E-state index in [1.165, 1.54) is 0 Å². The summed E-state index contributed by atoms with van der Waals surface area (Å²) >= 11 is 5.70. The number of halogens is 1. The zero-order valence-electron chi connectivity index (χ0n) is 7.63. The Morgan fingerprint density at radius 3 is 2.92 bits per heavy atom. The number of aryl methyl sites for hydroxylation is 2. The fraction of sp³-hybridized carbons (Fsp3) is 0.667. The van der Waals surface area contributed by atoms with Gasteiger partial charge in [-0.05, 0) is 24.8 Å². The van der Waals surface area contributed by atoms with Gasteiger partial charge in [0.25, 0.3) is 0 Å². The monoisotopic (exact) mass is 186 g/mol. The summed E-state index contributed by atoms with van der Waals surface area (Å²) in [6, 6.07) is 2.06. The molecule has 0 amide bonds. The molecule has 1 atom stereocenters. The van der Waals surface area contributed by atoms with Crippen LogP contribution < -0.4 is 0 Å². The van der Waals surface area contributed by atoms with Crippen LogP contribution in [0.5, 0.6) is 0 Å². The van der Waals surface area contributed by atoms with Gasteiger partial charge in [0.2, 0.25) is 0 Å². The summed E-state index contributed by atoms with van der Waals surface area (Å²) in [5, 5.41) is 4.29. The third kappa shape index (κ3) is 2.86. The molecule has 0 N–H and O–H groups in total. The molecule has 0 saturated carbocycles. The van der Waals surface area contributed by atoms with E-state index in [9.17, 15) is 0 Å². The molecule has 0 aliphatic carbocycles. The SMILES string of the molecule is CC(CCl)CCc1ccn(C)n1. The number of hydrogen-bond acceptors (Lipinski definition) is 1. The maximum atomic E-state index is 5.70. The second-order valence-corrected chi connectivity index (χ2v) is 3.59. The third-order valence-electron chi connectivity index (χ3n) is 1.93. The number of aromatic nitrogens is 2. The minimum atomic E-state index is 0.591. The van der Waals surface area contributed by atoms with Gasteiger partial charge in [0.05, 0.1) is 5.69 Å². The minimum Gasteiger partial charge on any atom is -0.276 e. The first-order valence-corrected chi connectivity index (χ1v) is 4.80. The van der Waals surface area contributed by atoms with E-state index < -0.39 is 0 Å². The molecular weight excluding hydrogens is 172 g/mol.